The van der Waals surface area contributed by atoms with E-state index >= 15 is 0 Å². The third-order valence-corrected chi connectivity index (χ3v) is 6.39. The second kappa shape index (κ2) is 9.33. The van der Waals surface area contributed by atoms with Crippen molar-refractivity contribution >= 4 is 18.3 Å². The molecule has 2 aliphatic heterocycles. The predicted molar refractivity (Wildman–Crippen MR) is 109 cm³/mol. The lowest BCUT2D eigenvalue weighted by Crippen LogP contribution is -2.50. The highest BCUT2D eigenvalue weighted by molar-refractivity contribution is 5.85. The van der Waals surface area contributed by atoms with Gasteiger partial charge in [-0.05, 0) is 49.3 Å². The molecule has 4 rings (SSSR count). The summed E-state index contributed by atoms with van der Waals surface area (Å²) >= 11 is 0. The third kappa shape index (κ3) is 4.39. The molecule has 3 aliphatic rings. The smallest absolute Gasteiger partial charge is 0.237 e. The lowest BCUT2D eigenvalue weighted by Gasteiger charge is -2.33. The number of halogens is 1. The summed E-state index contributed by atoms with van der Waals surface area (Å²) in [6.07, 6.45) is 6.22. The van der Waals surface area contributed by atoms with Crippen LogP contribution >= 0.6 is 12.4 Å². The highest BCUT2D eigenvalue weighted by Gasteiger charge is 2.37. The van der Waals surface area contributed by atoms with Crippen LogP contribution in [-0.4, -0.2) is 44.9 Å². The zero-order valence-electron chi connectivity index (χ0n) is 16.3. The van der Waals surface area contributed by atoms with Gasteiger partial charge in [0, 0.05) is 25.2 Å². The average Bonchev–Trinajstić information content (AvgIpc) is 3.22. The lowest BCUT2D eigenvalue weighted by molar-refractivity contribution is -0.124. The molecule has 1 atom stereocenters. The Balaban J connectivity index is 0.00000225. The first-order chi connectivity index (χ1) is 13.2. The molecule has 1 aromatic carbocycles. The number of rotatable bonds is 5. The topological polar surface area (TPSA) is 82.8 Å². The number of hydrogen-bond acceptors (Lipinski definition) is 5. The van der Waals surface area contributed by atoms with Crippen molar-refractivity contribution < 1.29 is 19.0 Å². The third-order valence-electron chi connectivity index (χ3n) is 6.39. The van der Waals surface area contributed by atoms with Crippen LogP contribution in [0.2, 0.25) is 0 Å². The molecule has 1 unspecified atom stereocenters. The summed E-state index contributed by atoms with van der Waals surface area (Å²) in [5.74, 6) is 1.80. The van der Waals surface area contributed by atoms with Gasteiger partial charge in [-0.1, -0.05) is 18.9 Å². The van der Waals surface area contributed by atoms with Crippen molar-refractivity contribution in [2.45, 2.75) is 50.0 Å². The molecule has 156 valence electrons. The monoisotopic (exact) mass is 410 g/mol. The van der Waals surface area contributed by atoms with E-state index in [1.165, 1.54) is 18.4 Å². The summed E-state index contributed by atoms with van der Waals surface area (Å²) in [6.45, 7) is 3.21. The van der Waals surface area contributed by atoms with E-state index in [-0.39, 0.29) is 29.6 Å². The second-order valence-electron chi connectivity index (χ2n) is 8.04. The molecule has 3 N–H and O–H groups in total. The highest BCUT2D eigenvalue weighted by atomic mass is 35.5. The number of nitrogens with one attached hydrogen (secondary N) is 1. The number of benzene rings is 1. The van der Waals surface area contributed by atoms with Crippen LogP contribution in [0.3, 0.4) is 0 Å². The Bertz CT molecular complexity index is 672. The van der Waals surface area contributed by atoms with Gasteiger partial charge in [0.05, 0.1) is 6.04 Å². The Morgan fingerprint density at radius 3 is 2.50 bits per heavy atom. The van der Waals surface area contributed by atoms with Crippen molar-refractivity contribution in [3.05, 3.63) is 23.8 Å². The van der Waals surface area contributed by atoms with Crippen molar-refractivity contribution in [3.63, 3.8) is 0 Å². The van der Waals surface area contributed by atoms with E-state index in [1.807, 2.05) is 6.07 Å². The van der Waals surface area contributed by atoms with Crippen molar-refractivity contribution in [1.82, 2.24) is 5.32 Å². The molecule has 1 aromatic rings. The largest absolute Gasteiger partial charge is 0.486 e. The van der Waals surface area contributed by atoms with E-state index in [0.29, 0.717) is 33.0 Å². The molecule has 0 aromatic heterocycles. The Kier molecular flexibility index (Phi) is 7.07. The summed E-state index contributed by atoms with van der Waals surface area (Å²) in [5, 5.41) is 3.16. The van der Waals surface area contributed by atoms with Crippen LogP contribution in [0.1, 0.15) is 44.1 Å². The molecule has 0 bridgehead atoms. The standard InChI is InChI=1S/C21H30N2O4.ClH/c22-19(15-5-9-25-10-6-15)20(24)23-14-21(7-1-2-8-21)16-3-4-17-18(13-16)27-12-11-26-17;/h3-4,13,15,19H,1-2,5-12,14,22H2,(H,23,24);1H. The molecule has 28 heavy (non-hydrogen) atoms. The number of ether oxygens (including phenoxy) is 3. The van der Waals surface area contributed by atoms with Gasteiger partial charge >= 0.3 is 0 Å². The van der Waals surface area contributed by atoms with Crippen LogP contribution < -0.4 is 20.5 Å². The van der Waals surface area contributed by atoms with Gasteiger partial charge in [0.25, 0.3) is 0 Å². The fourth-order valence-corrected chi connectivity index (χ4v) is 4.66. The molecule has 6 nitrogen and oxygen atoms in total. The van der Waals surface area contributed by atoms with Crippen LogP contribution in [0.15, 0.2) is 18.2 Å². The minimum atomic E-state index is -0.451. The molecule has 2 heterocycles. The maximum absolute atomic E-state index is 12.7. The van der Waals surface area contributed by atoms with Crippen LogP contribution in [0.5, 0.6) is 11.5 Å². The fraction of sp³-hybridized carbons (Fsp3) is 0.667. The summed E-state index contributed by atoms with van der Waals surface area (Å²) in [6, 6.07) is 5.78. The maximum Gasteiger partial charge on any atom is 0.237 e. The molecule has 2 fully saturated rings. The first-order valence-corrected chi connectivity index (χ1v) is 10.2. The quantitative estimate of drug-likeness (QED) is 0.779. The van der Waals surface area contributed by atoms with Gasteiger partial charge in [-0.25, -0.2) is 0 Å². The average molecular weight is 411 g/mol. The first kappa shape index (κ1) is 21.2. The van der Waals surface area contributed by atoms with E-state index in [0.717, 1.165) is 37.2 Å². The number of fused-ring (bicyclic) bond motifs is 1. The molecular weight excluding hydrogens is 380 g/mol. The number of carbonyl (C=O) groups is 1. The van der Waals surface area contributed by atoms with Crippen LogP contribution in [0.25, 0.3) is 0 Å². The second-order valence-corrected chi connectivity index (χ2v) is 8.04. The van der Waals surface area contributed by atoms with Crippen LogP contribution in [0, 0.1) is 5.92 Å². The molecule has 1 saturated heterocycles. The summed E-state index contributed by atoms with van der Waals surface area (Å²) < 4.78 is 16.8. The zero-order valence-corrected chi connectivity index (χ0v) is 17.1. The van der Waals surface area contributed by atoms with E-state index < -0.39 is 6.04 Å². The van der Waals surface area contributed by atoms with E-state index in [1.54, 1.807) is 0 Å². The minimum absolute atomic E-state index is 0. The highest BCUT2D eigenvalue weighted by Crippen LogP contribution is 2.43. The summed E-state index contributed by atoms with van der Waals surface area (Å²) in [5.41, 5.74) is 7.43. The fourth-order valence-electron chi connectivity index (χ4n) is 4.66. The molecule has 1 amide bonds. The van der Waals surface area contributed by atoms with Gasteiger partial charge in [-0.15, -0.1) is 12.4 Å². The zero-order chi connectivity index (χ0) is 18.7. The molecule has 0 spiro atoms. The minimum Gasteiger partial charge on any atom is -0.486 e. The van der Waals surface area contributed by atoms with Gasteiger partial charge in [-0.3, -0.25) is 4.79 Å². The molecule has 1 aliphatic carbocycles. The summed E-state index contributed by atoms with van der Waals surface area (Å²) in [7, 11) is 0. The Morgan fingerprint density at radius 1 is 1.11 bits per heavy atom. The van der Waals surface area contributed by atoms with Crippen molar-refractivity contribution in [2.24, 2.45) is 11.7 Å². The number of nitrogens with two attached hydrogens (primary N) is 1. The van der Waals surface area contributed by atoms with Gasteiger partial charge in [0.2, 0.25) is 5.91 Å². The van der Waals surface area contributed by atoms with E-state index in [4.69, 9.17) is 19.9 Å². The molecular formula is C21H31ClN2O4. The Morgan fingerprint density at radius 2 is 1.79 bits per heavy atom. The van der Waals surface area contributed by atoms with E-state index in [9.17, 15) is 4.79 Å². The molecule has 1 saturated carbocycles. The van der Waals surface area contributed by atoms with E-state index in [2.05, 4.69) is 17.4 Å². The van der Waals surface area contributed by atoms with Crippen LogP contribution in [-0.2, 0) is 14.9 Å². The van der Waals surface area contributed by atoms with Crippen LogP contribution in [0.4, 0.5) is 0 Å². The molecule has 7 heteroatoms. The van der Waals surface area contributed by atoms with Crippen molar-refractivity contribution in [3.8, 4) is 11.5 Å². The maximum atomic E-state index is 12.7. The van der Waals surface area contributed by atoms with Crippen molar-refractivity contribution in [2.75, 3.05) is 33.0 Å². The van der Waals surface area contributed by atoms with Gasteiger partial charge in [0.1, 0.15) is 13.2 Å². The first-order valence-electron chi connectivity index (χ1n) is 10.2. The normalized spacial score (nSPS) is 22.2. The summed E-state index contributed by atoms with van der Waals surface area (Å²) in [4.78, 5) is 12.7. The Hall–Kier alpha value is -1.50. The van der Waals surface area contributed by atoms with Crippen molar-refractivity contribution in [1.29, 1.82) is 0 Å². The van der Waals surface area contributed by atoms with Gasteiger partial charge in [-0.2, -0.15) is 0 Å². The Labute approximate surface area is 172 Å². The molecule has 0 radical (unpaired) electrons. The predicted octanol–water partition coefficient (Wildman–Crippen LogP) is 2.56. The number of hydrogen-bond donors (Lipinski definition) is 2. The lowest BCUT2D eigenvalue weighted by atomic mass is 9.78. The number of amides is 1. The van der Waals surface area contributed by atoms with Gasteiger partial charge in [0.15, 0.2) is 11.5 Å². The van der Waals surface area contributed by atoms with Gasteiger partial charge < -0.3 is 25.3 Å². The SMILES string of the molecule is Cl.NC(C(=O)NCC1(c2ccc3c(c2)OCCO3)CCCC1)C1CCOCC1. The number of carbonyl (C=O) groups excluding carboxylic acids is 1.